The molecule has 1 nitrogen and oxygen atoms in total. The molecule has 5 aromatic rings. The van der Waals surface area contributed by atoms with Crippen LogP contribution in [0.2, 0.25) is 0 Å². The average molecular weight is 544 g/mol. The molecule has 0 radical (unpaired) electrons. The number of aromatic nitrogens is 1. The van der Waals surface area contributed by atoms with Crippen LogP contribution in [0.5, 0.6) is 0 Å². The first kappa shape index (κ1) is 29.2. The highest BCUT2D eigenvalue weighted by atomic mass is 14.7. The van der Waals surface area contributed by atoms with Gasteiger partial charge in [-0.15, -0.1) is 0 Å². The van der Waals surface area contributed by atoms with E-state index in [2.05, 4.69) is 105 Å². The van der Waals surface area contributed by atoms with Crippen LogP contribution in [0.4, 0.5) is 0 Å². The lowest BCUT2D eigenvalue weighted by Crippen LogP contribution is -1.92. The van der Waals surface area contributed by atoms with Crippen LogP contribution in [0.1, 0.15) is 101 Å². The highest BCUT2D eigenvalue weighted by Gasteiger charge is 2.11. The maximum absolute atomic E-state index is 3.79. The molecule has 1 aromatic heterocycles. The van der Waals surface area contributed by atoms with E-state index in [-0.39, 0.29) is 0 Å². The SMILES string of the molecule is CCCCc1cc(CCCC)cc(-c2ccc3c(c2)[nH]c2cc(-c4cc(CCCC)cc(CCCC)c4)ccc23)c1. The molecule has 1 N–H and O–H groups in total. The van der Waals surface area contributed by atoms with Crippen molar-refractivity contribution in [2.75, 3.05) is 0 Å². The van der Waals surface area contributed by atoms with Gasteiger partial charge in [0.05, 0.1) is 0 Å². The third-order valence-corrected chi connectivity index (χ3v) is 8.65. The number of rotatable bonds is 14. The number of nitrogens with one attached hydrogen (secondary N) is 1. The Hall–Kier alpha value is -3.32. The fourth-order valence-electron chi connectivity index (χ4n) is 6.23. The Morgan fingerprint density at radius 2 is 0.732 bits per heavy atom. The second kappa shape index (κ2) is 14.0. The lowest BCUT2D eigenvalue weighted by atomic mass is 9.94. The van der Waals surface area contributed by atoms with Crippen LogP contribution in [0, 0.1) is 0 Å². The highest BCUT2D eigenvalue weighted by molar-refractivity contribution is 6.09. The number of hydrogen-bond acceptors (Lipinski definition) is 0. The minimum absolute atomic E-state index is 1.17. The minimum Gasteiger partial charge on any atom is -0.354 e. The molecule has 4 aromatic carbocycles. The molecule has 5 rings (SSSR count). The molecule has 0 bridgehead atoms. The first-order valence-corrected chi connectivity index (χ1v) is 16.4. The molecule has 214 valence electrons. The second-order valence-corrected chi connectivity index (χ2v) is 12.1. The van der Waals surface area contributed by atoms with E-state index in [4.69, 9.17) is 0 Å². The summed E-state index contributed by atoms with van der Waals surface area (Å²) in [5.41, 5.74) is 13.7. The molecular formula is C40H49N. The van der Waals surface area contributed by atoms with Gasteiger partial charge in [0.25, 0.3) is 0 Å². The zero-order valence-electron chi connectivity index (χ0n) is 25.9. The van der Waals surface area contributed by atoms with E-state index in [0.717, 1.165) is 0 Å². The van der Waals surface area contributed by atoms with Crippen molar-refractivity contribution >= 4 is 21.8 Å². The van der Waals surface area contributed by atoms with Crippen LogP contribution >= 0.6 is 0 Å². The maximum atomic E-state index is 3.79. The standard InChI is InChI=1S/C40H49N/c1-5-9-13-29-21-30(14-10-6-2)24-35(23-29)33-17-19-37-38-20-18-34(28-40(38)41-39(37)27-33)36-25-31(15-11-7-3)22-32(26-36)16-12-8-4/h17-28,41H,5-16H2,1-4H3. The van der Waals surface area contributed by atoms with Crippen LogP contribution in [0.3, 0.4) is 0 Å². The Kier molecular flexibility index (Phi) is 9.99. The fourth-order valence-corrected chi connectivity index (χ4v) is 6.23. The molecule has 0 amide bonds. The summed E-state index contributed by atoms with van der Waals surface area (Å²) >= 11 is 0. The minimum atomic E-state index is 1.17. The largest absolute Gasteiger partial charge is 0.354 e. The normalized spacial score (nSPS) is 11.6. The molecule has 0 aliphatic heterocycles. The number of unbranched alkanes of at least 4 members (excludes halogenated alkanes) is 4. The molecular weight excluding hydrogens is 494 g/mol. The summed E-state index contributed by atoms with van der Waals surface area (Å²) in [5, 5.41) is 2.62. The molecule has 0 aliphatic rings. The van der Waals surface area contributed by atoms with Gasteiger partial charge in [-0.05, 0) is 108 Å². The Morgan fingerprint density at radius 3 is 1.05 bits per heavy atom. The van der Waals surface area contributed by atoms with Crippen molar-refractivity contribution in [2.24, 2.45) is 0 Å². The zero-order chi connectivity index (χ0) is 28.6. The van der Waals surface area contributed by atoms with Crippen molar-refractivity contribution in [3.05, 3.63) is 95.1 Å². The van der Waals surface area contributed by atoms with Crippen molar-refractivity contribution < 1.29 is 0 Å². The van der Waals surface area contributed by atoms with E-state index >= 15 is 0 Å². The Bertz CT molecular complexity index is 1410. The quantitative estimate of drug-likeness (QED) is 0.143. The third-order valence-electron chi connectivity index (χ3n) is 8.65. The van der Waals surface area contributed by atoms with E-state index < -0.39 is 0 Å². The van der Waals surface area contributed by atoms with E-state index in [9.17, 15) is 0 Å². The van der Waals surface area contributed by atoms with Gasteiger partial charge in [-0.25, -0.2) is 0 Å². The molecule has 0 aliphatic carbocycles. The summed E-state index contributed by atoms with van der Waals surface area (Å²) in [4.78, 5) is 3.79. The molecule has 0 atom stereocenters. The number of aryl methyl sites for hydroxylation is 4. The van der Waals surface area contributed by atoms with Crippen molar-refractivity contribution in [2.45, 2.75) is 105 Å². The Morgan fingerprint density at radius 1 is 0.390 bits per heavy atom. The van der Waals surface area contributed by atoms with Gasteiger partial charge in [0.2, 0.25) is 0 Å². The number of benzene rings is 4. The lowest BCUT2D eigenvalue weighted by molar-refractivity contribution is 0.781. The van der Waals surface area contributed by atoms with Crippen LogP contribution < -0.4 is 0 Å². The molecule has 0 saturated heterocycles. The highest BCUT2D eigenvalue weighted by Crippen LogP contribution is 2.34. The van der Waals surface area contributed by atoms with Gasteiger partial charge in [-0.3, -0.25) is 0 Å². The third kappa shape index (κ3) is 7.13. The zero-order valence-corrected chi connectivity index (χ0v) is 25.9. The smallest absolute Gasteiger partial charge is 0.0471 e. The molecule has 1 heterocycles. The van der Waals surface area contributed by atoms with E-state index in [1.165, 1.54) is 143 Å². The molecule has 0 saturated carbocycles. The molecule has 0 unspecified atom stereocenters. The van der Waals surface area contributed by atoms with Crippen molar-refractivity contribution in [3.63, 3.8) is 0 Å². The summed E-state index contributed by atoms with van der Waals surface area (Å²) in [6.07, 6.45) is 14.6. The second-order valence-electron chi connectivity index (χ2n) is 12.1. The summed E-state index contributed by atoms with van der Waals surface area (Å²) in [7, 11) is 0. The topological polar surface area (TPSA) is 15.8 Å². The van der Waals surface area contributed by atoms with Gasteiger partial charge in [0.15, 0.2) is 0 Å². The van der Waals surface area contributed by atoms with E-state index in [0.29, 0.717) is 0 Å². The number of aromatic amines is 1. The van der Waals surface area contributed by atoms with Gasteiger partial charge in [0.1, 0.15) is 0 Å². The first-order chi connectivity index (χ1) is 20.1. The Balaban J connectivity index is 1.51. The van der Waals surface area contributed by atoms with Gasteiger partial charge in [0, 0.05) is 21.8 Å². The van der Waals surface area contributed by atoms with Crippen LogP contribution in [-0.2, 0) is 25.7 Å². The lowest BCUT2D eigenvalue weighted by Gasteiger charge is -2.11. The van der Waals surface area contributed by atoms with Gasteiger partial charge >= 0.3 is 0 Å². The van der Waals surface area contributed by atoms with Crippen molar-refractivity contribution in [3.8, 4) is 22.3 Å². The fraction of sp³-hybridized carbons (Fsp3) is 0.400. The predicted octanol–water partition coefficient (Wildman–Crippen LogP) is 12.0. The maximum Gasteiger partial charge on any atom is 0.0471 e. The number of hydrogen-bond donors (Lipinski definition) is 1. The number of H-pyrrole nitrogens is 1. The van der Waals surface area contributed by atoms with E-state index in [1.807, 2.05) is 0 Å². The Labute approximate surface area is 248 Å². The van der Waals surface area contributed by atoms with E-state index in [1.54, 1.807) is 0 Å². The molecule has 41 heavy (non-hydrogen) atoms. The summed E-state index contributed by atoms with van der Waals surface area (Å²) < 4.78 is 0. The molecule has 1 heteroatoms. The monoisotopic (exact) mass is 543 g/mol. The summed E-state index contributed by atoms with van der Waals surface area (Å²) in [6.45, 7) is 9.13. The van der Waals surface area contributed by atoms with Crippen LogP contribution in [-0.4, -0.2) is 4.98 Å². The van der Waals surface area contributed by atoms with Gasteiger partial charge < -0.3 is 4.98 Å². The van der Waals surface area contributed by atoms with Gasteiger partial charge in [-0.1, -0.05) is 114 Å². The summed E-state index contributed by atoms with van der Waals surface area (Å²) in [6, 6.07) is 28.6. The first-order valence-electron chi connectivity index (χ1n) is 16.4. The molecule has 0 spiro atoms. The van der Waals surface area contributed by atoms with Crippen LogP contribution in [0.25, 0.3) is 44.1 Å². The average Bonchev–Trinajstić information content (AvgIpc) is 3.37. The number of fused-ring (bicyclic) bond motifs is 3. The predicted molar refractivity (Wildman–Crippen MR) is 181 cm³/mol. The van der Waals surface area contributed by atoms with Crippen molar-refractivity contribution in [1.82, 2.24) is 4.98 Å². The summed E-state index contributed by atoms with van der Waals surface area (Å²) in [5.74, 6) is 0. The van der Waals surface area contributed by atoms with Crippen molar-refractivity contribution in [1.29, 1.82) is 0 Å². The molecule has 0 fully saturated rings. The van der Waals surface area contributed by atoms with Gasteiger partial charge in [-0.2, -0.15) is 0 Å². The van der Waals surface area contributed by atoms with Crippen LogP contribution in [0.15, 0.2) is 72.8 Å².